The van der Waals surface area contributed by atoms with Crippen LogP contribution in [0.15, 0.2) is 0 Å². The Bertz CT molecular complexity index is 241. The molecule has 1 aliphatic heterocycles. The van der Waals surface area contributed by atoms with Gasteiger partial charge >= 0.3 is 8.80 Å². The molecule has 0 aromatic heterocycles. The van der Waals surface area contributed by atoms with Crippen LogP contribution < -0.4 is 0 Å². The zero-order valence-electron chi connectivity index (χ0n) is 13.0. The molecule has 0 spiro atoms. The maximum Gasteiger partial charge on any atom is 0.501 e. The molecule has 1 aliphatic rings. The van der Waals surface area contributed by atoms with E-state index >= 15 is 0 Å². The van der Waals surface area contributed by atoms with Crippen LogP contribution in [0.3, 0.4) is 0 Å². The van der Waals surface area contributed by atoms with Gasteiger partial charge in [0.2, 0.25) is 0 Å². The largest absolute Gasteiger partial charge is 0.501 e. The molecule has 1 rings (SSSR count). The van der Waals surface area contributed by atoms with Gasteiger partial charge in [0.15, 0.2) is 0 Å². The summed E-state index contributed by atoms with van der Waals surface area (Å²) in [6.45, 7) is 8.92. The van der Waals surface area contributed by atoms with Crippen LogP contribution in [-0.4, -0.2) is 66.4 Å². The Morgan fingerprint density at radius 3 is 2.21 bits per heavy atom. The van der Waals surface area contributed by atoms with E-state index in [-0.39, 0.29) is 12.2 Å². The highest BCUT2D eigenvalue weighted by Crippen LogP contribution is 2.24. The molecule has 0 bridgehead atoms. The summed E-state index contributed by atoms with van der Waals surface area (Å²) >= 11 is 0. The van der Waals surface area contributed by atoms with Crippen molar-refractivity contribution in [3.63, 3.8) is 0 Å². The monoisotopic (exact) mass is 291 g/mol. The fraction of sp³-hybridized carbons (Fsp3) is 1.00. The lowest BCUT2D eigenvalue weighted by Crippen LogP contribution is -2.53. The van der Waals surface area contributed by atoms with Crippen LogP contribution in [-0.2, 0) is 18.0 Å². The molecule has 1 fully saturated rings. The van der Waals surface area contributed by atoms with Crippen LogP contribution in [0.1, 0.15) is 27.2 Å². The highest BCUT2D eigenvalue weighted by Gasteiger charge is 2.44. The normalized spacial score (nSPS) is 33.2. The molecule has 1 heterocycles. The Kier molecular flexibility index (Phi) is 7.49. The van der Waals surface area contributed by atoms with Gasteiger partial charge in [0.25, 0.3) is 0 Å². The molecule has 0 N–H and O–H groups in total. The third-order valence-corrected chi connectivity index (χ3v) is 6.14. The Morgan fingerprint density at radius 2 is 1.74 bits per heavy atom. The van der Waals surface area contributed by atoms with E-state index in [4.69, 9.17) is 18.0 Å². The standard InChI is InChI=1S/C13H29NO4Si/c1-6-16-19(9-7-8-14(4)5)17-12(2)10-15-11-13(3)18-19/h12-13H,6-11H2,1-5H3. The molecule has 2 unspecified atom stereocenters. The van der Waals surface area contributed by atoms with E-state index in [1.54, 1.807) is 0 Å². The SMILES string of the molecule is CCO[Si]1(CCCN(C)C)OC(C)COCC(C)O1. The van der Waals surface area contributed by atoms with Crippen molar-refractivity contribution in [2.45, 2.75) is 45.4 Å². The van der Waals surface area contributed by atoms with Gasteiger partial charge in [-0.1, -0.05) is 0 Å². The summed E-state index contributed by atoms with van der Waals surface area (Å²) in [7, 11) is 1.59. The van der Waals surface area contributed by atoms with Gasteiger partial charge in [-0.3, -0.25) is 0 Å². The average Bonchev–Trinajstić information content (AvgIpc) is 2.26. The highest BCUT2D eigenvalue weighted by atomic mass is 28.4. The minimum absolute atomic E-state index is 0.0325. The van der Waals surface area contributed by atoms with Gasteiger partial charge < -0.3 is 22.9 Å². The molecule has 2 atom stereocenters. The van der Waals surface area contributed by atoms with Gasteiger partial charge in [0, 0.05) is 12.7 Å². The third-order valence-electron chi connectivity index (χ3n) is 2.92. The van der Waals surface area contributed by atoms with E-state index < -0.39 is 8.80 Å². The molecule has 0 radical (unpaired) electrons. The van der Waals surface area contributed by atoms with Crippen LogP contribution in [0.5, 0.6) is 0 Å². The minimum atomic E-state index is -2.56. The molecular weight excluding hydrogens is 262 g/mol. The summed E-state index contributed by atoms with van der Waals surface area (Å²) in [6.07, 6.45) is 1.09. The maximum absolute atomic E-state index is 6.12. The van der Waals surface area contributed by atoms with Gasteiger partial charge in [-0.25, -0.2) is 0 Å². The van der Waals surface area contributed by atoms with Gasteiger partial charge in [0.05, 0.1) is 25.4 Å². The summed E-state index contributed by atoms with van der Waals surface area (Å²) in [5, 5.41) is 0. The van der Waals surface area contributed by atoms with Gasteiger partial charge in [0.1, 0.15) is 0 Å². The van der Waals surface area contributed by atoms with Crippen molar-refractivity contribution in [3.05, 3.63) is 0 Å². The molecule has 114 valence electrons. The number of hydrogen-bond acceptors (Lipinski definition) is 5. The van der Waals surface area contributed by atoms with Gasteiger partial charge in [-0.15, -0.1) is 0 Å². The van der Waals surface area contributed by atoms with Crippen LogP contribution in [0, 0.1) is 0 Å². The van der Waals surface area contributed by atoms with Crippen molar-refractivity contribution in [1.29, 1.82) is 0 Å². The molecule has 6 heteroatoms. The molecule has 0 amide bonds. The van der Waals surface area contributed by atoms with Crippen LogP contribution in [0.2, 0.25) is 6.04 Å². The van der Waals surface area contributed by atoms with Crippen molar-refractivity contribution >= 4 is 8.80 Å². The second-order valence-electron chi connectivity index (χ2n) is 5.42. The topological polar surface area (TPSA) is 40.2 Å². The first kappa shape index (κ1) is 17.1. The Hall–Kier alpha value is 0.0169. The first-order chi connectivity index (χ1) is 8.97. The molecule has 1 saturated heterocycles. The maximum atomic E-state index is 6.12. The zero-order valence-corrected chi connectivity index (χ0v) is 14.0. The number of hydrogen-bond donors (Lipinski definition) is 0. The van der Waals surface area contributed by atoms with Crippen molar-refractivity contribution in [2.75, 3.05) is 40.5 Å². The second kappa shape index (κ2) is 8.34. The number of ether oxygens (including phenoxy) is 1. The van der Waals surface area contributed by atoms with E-state index in [1.165, 1.54) is 0 Å². The predicted molar refractivity (Wildman–Crippen MR) is 77.3 cm³/mol. The Labute approximate surface area is 118 Å². The lowest BCUT2D eigenvalue weighted by Gasteiger charge is -2.36. The van der Waals surface area contributed by atoms with Crippen molar-refractivity contribution in [3.8, 4) is 0 Å². The molecule has 0 aliphatic carbocycles. The van der Waals surface area contributed by atoms with Crippen molar-refractivity contribution in [1.82, 2.24) is 4.90 Å². The minimum Gasteiger partial charge on any atom is -0.376 e. The predicted octanol–water partition coefficient (Wildman–Crippen LogP) is 1.75. The molecule has 19 heavy (non-hydrogen) atoms. The summed E-state index contributed by atoms with van der Waals surface area (Å²) < 4.78 is 23.7. The molecular formula is C13H29NO4Si. The fourth-order valence-electron chi connectivity index (χ4n) is 2.20. The van der Waals surface area contributed by atoms with Crippen LogP contribution in [0.25, 0.3) is 0 Å². The summed E-state index contributed by atoms with van der Waals surface area (Å²) in [6, 6.07) is 0.869. The molecule has 5 nitrogen and oxygen atoms in total. The lowest BCUT2D eigenvalue weighted by molar-refractivity contribution is -0.0716. The molecule has 0 aromatic rings. The second-order valence-corrected chi connectivity index (χ2v) is 8.04. The highest BCUT2D eigenvalue weighted by molar-refractivity contribution is 6.60. The van der Waals surface area contributed by atoms with Crippen molar-refractivity contribution in [2.24, 2.45) is 0 Å². The van der Waals surface area contributed by atoms with Crippen LogP contribution >= 0.6 is 0 Å². The average molecular weight is 291 g/mol. The summed E-state index contributed by atoms with van der Waals surface area (Å²) in [4.78, 5) is 2.17. The number of nitrogens with zero attached hydrogens (tertiary/aromatic N) is 1. The summed E-state index contributed by atoms with van der Waals surface area (Å²) in [5.74, 6) is 0. The Balaban J connectivity index is 2.66. The molecule has 0 saturated carbocycles. The zero-order chi connectivity index (χ0) is 14.3. The number of rotatable bonds is 6. The fourth-order valence-corrected chi connectivity index (χ4v) is 5.16. The quantitative estimate of drug-likeness (QED) is 0.697. The summed E-state index contributed by atoms with van der Waals surface area (Å²) in [5.41, 5.74) is 0. The van der Waals surface area contributed by atoms with Crippen LogP contribution in [0.4, 0.5) is 0 Å². The van der Waals surface area contributed by atoms with Gasteiger partial charge in [-0.2, -0.15) is 0 Å². The first-order valence-corrected chi connectivity index (χ1v) is 9.12. The van der Waals surface area contributed by atoms with E-state index in [0.717, 1.165) is 19.0 Å². The van der Waals surface area contributed by atoms with E-state index in [2.05, 4.69) is 19.0 Å². The third kappa shape index (κ3) is 6.33. The van der Waals surface area contributed by atoms with E-state index in [9.17, 15) is 0 Å². The first-order valence-electron chi connectivity index (χ1n) is 7.19. The lowest BCUT2D eigenvalue weighted by atomic mass is 10.4. The smallest absolute Gasteiger partial charge is 0.376 e. The van der Waals surface area contributed by atoms with Crippen molar-refractivity contribution < 1.29 is 18.0 Å². The van der Waals surface area contributed by atoms with Gasteiger partial charge in [-0.05, 0) is 47.8 Å². The van der Waals surface area contributed by atoms with E-state index in [0.29, 0.717) is 19.8 Å². The Morgan fingerprint density at radius 1 is 1.16 bits per heavy atom. The van der Waals surface area contributed by atoms with E-state index in [1.807, 2.05) is 20.8 Å². The molecule has 0 aromatic carbocycles.